The molecule has 0 saturated carbocycles. The maximum atomic E-state index is 5.40. The molecule has 7 nitrogen and oxygen atoms in total. The summed E-state index contributed by atoms with van der Waals surface area (Å²) in [6.45, 7) is 6.90. The number of fused-ring (bicyclic) bond motifs is 2. The van der Waals surface area contributed by atoms with Crippen molar-refractivity contribution in [3.63, 3.8) is 0 Å². The summed E-state index contributed by atoms with van der Waals surface area (Å²) in [5.74, 6) is 2.86. The van der Waals surface area contributed by atoms with Gasteiger partial charge in [0.15, 0.2) is 11.0 Å². The average Bonchev–Trinajstić information content (AvgIpc) is 3.09. The van der Waals surface area contributed by atoms with Crippen molar-refractivity contribution in [3.8, 4) is 0 Å². The first-order valence-corrected chi connectivity index (χ1v) is 9.56. The van der Waals surface area contributed by atoms with Gasteiger partial charge in [-0.3, -0.25) is 4.90 Å². The summed E-state index contributed by atoms with van der Waals surface area (Å²) in [5, 5.41) is 4.89. The molecule has 0 aliphatic carbocycles. The Morgan fingerprint density at radius 3 is 2.75 bits per heavy atom. The minimum Gasteiger partial charge on any atom is -0.353 e. The molecule has 2 unspecified atom stereocenters. The van der Waals surface area contributed by atoms with Crippen LogP contribution >= 0.6 is 11.8 Å². The summed E-state index contributed by atoms with van der Waals surface area (Å²) in [7, 11) is 0. The fourth-order valence-corrected chi connectivity index (χ4v) is 3.81. The number of piperazine rings is 1. The summed E-state index contributed by atoms with van der Waals surface area (Å²) >= 11 is 1.58. The number of hydrogen-bond donors (Lipinski definition) is 0. The smallest absolute Gasteiger partial charge is 0.240 e. The van der Waals surface area contributed by atoms with Crippen LogP contribution in [0.4, 0.5) is 5.82 Å². The number of piperidine rings is 1. The SMILES string of the molecule is CSc1nccc(N2CC3CC(C2)N3Cc2nc(C(C)C)no2)n1. The molecule has 24 heavy (non-hydrogen) atoms. The zero-order chi connectivity index (χ0) is 16.7. The Kier molecular flexibility index (Phi) is 4.17. The standard InChI is InChI=1S/C16H22N6OS/c1-10(2)15-19-14(23-20-15)9-22-11-6-12(22)8-21(7-11)13-4-5-17-16(18-13)24-3/h4-5,10-12H,6-9H2,1-3H3. The van der Waals surface area contributed by atoms with Crippen LogP contribution in [-0.2, 0) is 6.54 Å². The molecule has 0 spiro atoms. The van der Waals surface area contributed by atoms with E-state index >= 15 is 0 Å². The molecule has 3 aliphatic rings. The Morgan fingerprint density at radius 1 is 1.29 bits per heavy atom. The van der Waals surface area contributed by atoms with Gasteiger partial charge in [-0.2, -0.15) is 4.98 Å². The summed E-state index contributed by atoms with van der Waals surface area (Å²) < 4.78 is 5.40. The Morgan fingerprint density at radius 2 is 2.08 bits per heavy atom. The Labute approximate surface area is 145 Å². The van der Waals surface area contributed by atoms with Crippen LogP contribution < -0.4 is 4.90 Å². The highest BCUT2D eigenvalue weighted by Crippen LogP contribution is 2.35. The van der Waals surface area contributed by atoms with Gasteiger partial charge in [-0.1, -0.05) is 30.8 Å². The molecule has 128 valence electrons. The van der Waals surface area contributed by atoms with Crippen LogP contribution in [0, 0.1) is 0 Å². The summed E-state index contributed by atoms with van der Waals surface area (Å²) in [5.41, 5.74) is 0. The van der Waals surface area contributed by atoms with Gasteiger partial charge >= 0.3 is 0 Å². The minimum absolute atomic E-state index is 0.303. The van der Waals surface area contributed by atoms with Gasteiger partial charge in [-0.05, 0) is 18.7 Å². The predicted molar refractivity (Wildman–Crippen MR) is 92.1 cm³/mol. The molecule has 3 saturated heterocycles. The average molecular weight is 346 g/mol. The normalized spacial score (nSPS) is 23.6. The lowest BCUT2D eigenvalue weighted by Crippen LogP contribution is -2.68. The maximum Gasteiger partial charge on any atom is 0.240 e. The van der Waals surface area contributed by atoms with Crippen molar-refractivity contribution < 1.29 is 4.52 Å². The second-order valence-corrected chi connectivity index (χ2v) is 7.50. The highest BCUT2D eigenvalue weighted by molar-refractivity contribution is 7.98. The largest absolute Gasteiger partial charge is 0.353 e. The third-order valence-corrected chi connectivity index (χ3v) is 5.35. The molecule has 8 heteroatoms. The van der Waals surface area contributed by atoms with Crippen LogP contribution in [0.2, 0.25) is 0 Å². The number of hydrogen-bond acceptors (Lipinski definition) is 8. The molecule has 2 bridgehead atoms. The Bertz CT molecular complexity index is 708. The van der Waals surface area contributed by atoms with Gasteiger partial charge in [0.1, 0.15) is 5.82 Å². The van der Waals surface area contributed by atoms with Crippen molar-refractivity contribution >= 4 is 17.6 Å². The van der Waals surface area contributed by atoms with Crippen molar-refractivity contribution in [1.82, 2.24) is 25.0 Å². The van der Waals surface area contributed by atoms with Crippen LogP contribution in [0.15, 0.2) is 21.9 Å². The number of aromatic nitrogens is 4. The zero-order valence-electron chi connectivity index (χ0n) is 14.2. The molecule has 5 rings (SSSR count). The van der Waals surface area contributed by atoms with E-state index in [2.05, 4.69) is 43.8 Å². The zero-order valence-corrected chi connectivity index (χ0v) is 15.0. The topological polar surface area (TPSA) is 71.2 Å². The van der Waals surface area contributed by atoms with Crippen molar-refractivity contribution in [3.05, 3.63) is 24.0 Å². The molecule has 0 radical (unpaired) electrons. The molecule has 3 fully saturated rings. The molecule has 2 aromatic heterocycles. The second-order valence-electron chi connectivity index (χ2n) is 6.72. The van der Waals surface area contributed by atoms with E-state index in [0.717, 1.165) is 42.3 Å². The molecule has 5 heterocycles. The van der Waals surface area contributed by atoms with Crippen LogP contribution in [0.1, 0.15) is 37.9 Å². The quantitative estimate of drug-likeness (QED) is 0.602. The van der Waals surface area contributed by atoms with Gasteiger partial charge in [0, 0.05) is 37.3 Å². The van der Waals surface area contributed by atoms with Gasteiger partial charge in [-0.25, -0.2) is 9.97 Å². The molecule has 0 amide bonds. The third-order valence-electron chi connectivity index (χ3n) is 4.79. The van der Waals surface area contributed by atoms with Gasteiger partial charge < -0.3 is 9.42 Å². The van der Waals surface area contributed by atoms with Gasteiger partial charge in [0.25, 0.3) is 0 Å². The van der Waals surface area contributed by atoms with E-state index in [1.165, 1.54) is 6.42 Å². The first-order chi connectivity index (χ1) is 11.6. The molecule has 2 aromatic rings. The van der Waals surface area contributed by atoms with Crippen LogP contribution in [0.3, 0.4) is 0 Å². The van der Waals surface area contributed by atoms with Crippen molar-refractivity contribution in [2.75, 3.05) is 24.2 Å². The molecule has 3 aliphatic heterocycles. The van der Waals surface area contributed by atoms with Gasteiger partial charge in [0.2, 0.25) is 5.89 Å². The van der Waals surface area contributed by atoms with Crippen molar-refractivity contribution in [2.45, 2.75) is 50.0 Å². The van der Waals surface area contributed by atoms with Gasteiger partial charge in [0.05, 0.1) is 6.54 Å². The van der Waals surface area contributed by atoms with E-state index in [-0.39, 0.29) is 0 Å². The molecule has 2 atom stereocenters. The number of thioether (sulfide) groups is 1. The van der Waals surface area contributed by atoms with Crippen molar-refractivity contribution in [2.24, 2.45) is 0 Å². The fourth-order valence-electron chi connectivity index (χ4n) is 3.46. The lowest BCUT2D eigenvalue weighted by atomic mass is 9.87. The lowest BCUT2D eigenvalue weighted by Gasteiger charge is -2.56. The highest BCUT2D eigenvalue weighted by atomic mass is 32.2. The summed E-state index contributed by atoms with van der Waals surface area (Å²) in [4.78, 5) is 18.2. The van der Waals surface area contributed by atoms with Crippen LogP contribution in [-0.4, -0.2) is 56.4 Å². The van der Waals surface area contributed by atoms with E-state index in [9.17, 15) is 0 Å². The van der Waals surface area contributed by atoms with Crippen LogP contribution in [0.25, 0.3) is 0 Å². The molecule has 0 N–H and O–H groups in total. The molecule has 0 aromatic carbocycles. The lowest BCUT2D eigenvalue weighted by molar-refractivity contribution is -0.0162. The third kappa shape index (κ3) is 2.88. The monoisotopic (exact) mass is 346 g/mol. The van der Waals surface area contributed by atoms with E-state index in [0.29, 0.717) is 18.0 Å². The maximum absolute atomic E-state index is 5.40. The van der Waals surface area contributed by atoms with Crippen LogP contribution in [0.5, 0.6) is 0 Å². The predicted octanol–water partition coefficient (Wildman–Crippen LogP) is 2.17. The van der Waals surface area contributed by atoms with E-state index in [4.69, 9.17) is 4.52 Å². The first-order valence-electron chi connectivity index (χ1n) is 8.34. The fraction of sp³-hybridized carbons (Fsp3) is 0.625. The number of nitrogens with zero attached hydrogens (tertiary/aromatic N) is 6. The summed E-state index contributed by atoms with van der Waals surface area (Å²) in [6, 6.07) is 3.07. The minimum atomic E-state index is 0.303. The van der Waals surface area contributed by atoms with Gasteiger partial charge in [-0.15, -0.1) is 0 Å². The highest BCUT2D eigenvalue weighted by Gasteiger charge is 2.45. The number of anilines is 1. The summed E-state index contributed by atoms with van der Waals surface area (Å²) in [6.07, 6.45) is 5.09. The Hall–Kier alpha value is -1.67. The van der Waals surface area contributed by atoms with E-state index in [1.54, 1.807) is 11.8 Å². The molecular weight excluding hydrogens is 324 g/mol. The van der Waals surface area contributed by atoms with Crippen molar-refractivity contribution in [1.29, 1.82) is 0 Å². The number of rotatable bonds is 5. The first kappa shape index (κ1) is 15.8. The van der Waals surface area contributed by atoms with E-state index < -0.39 is 0 Å². The Balaban J connectivity index is 1.41. The van der Waals surface area contributed by atoms with E-state index in [1.807, 2.05) is 18.5 Å². The molecular formula is C16H22N6OS. The second kappa shape index (κ2) is 6.33.